The second kappa shape index (κ2) is 5.31. The van der Waals surface area contributed by atoms with Crippen LogP contribution in [0.1, 0.15) is 56.4 Å². The third-order valence-corrected chi connectivity index (χ3v) is 4.08. The van der Waals surface area contributed by atoms with Crippen LogP contribution in [0.15, 0.2) is 24.3 Å². The molecule has 0 aromatic heterocycles. The van der Waals surface area contributed by atoms with Crippen LogP contribution in [-0.2, 0) is 0 Å². The first kappa shape index (κ1) is 12.0. The van der Waals surface area contributed by atoms with Gasteiger partial charge in [0, 0.05) is 0 Å². The van der Waals surface area contributed by atoms with E-state index in [4.69, 9.17) is 4.74 Å². The lowest BCUT2D eigenvalue weighted by Gasteiger charge is -2.17. The van der Waals surface area contributed by atoms with Crippen molar-refractivity contribution < 1.29 is 9.84 Å². The van der Waals surface area contributed by atoms with Gasteiger partial charge in [-0.25, -0.2) is 0 Å². The Bertz CT molecular complexity index is 381. The molecule has 98 valence electrons. The van der Waals surface area contributed by atoms with Gasteiger partial charge in [-0.2, -0.15) is 0 Å². The first-order valence-electron chi connectivity index (χ1n) is 7.26. The van der Waals surface area contributed by atoms with Crippen LogP contribution < -0.4 is 4.74 Å². The fourth-order valence-electron chi connectivity index (χ4n) is 2.83. The van der Waals surface area contributed by atoms with E-state index in [2.05, 4.69) is 24.3 Å². The van der Waals surface area contributed by atoms with Crippen LogP contribution in [0, 0.1) is 0 Å². The van der Waals surface area contributed by atoms with Crippen LogP contribution in [0.3, 0.4) is 0 Å². The van der Waals surface area contributed by atoms with Gasteiger partial charge in [0.2, 0.25) is 0 Å². The van der Waals surface area contributed by atoms with E-state index in [9.17, 15) is 5.11 Å². The van der Waals surface area contributed by atoms with Gasteiger partial charge in [-0.3, -0.25) is 0 Å². The van der Waals surface area contributed by atoms with Crippen molar-refractivity contribution in [1.29, 1.82) is 0 Å². The van der Waals surface area contributed by atoms with Gasteiger partial charge in [0.25, 0.3) is 0 Å². The van der Waals surface area contributed by atoms with Crippen molar-refractivity contribution in [3.63, 3.8) is 0 Å². The van der Waals surface area contributed by atoms with Crippen molar-refractivity contribution in [3.05, 3.63) is 29.8 Å². The molecular weight excluding hydrogens is 224 g/mol. The number of aliphatic hydroxyl groups is 1. The van der Waals surface area contributed by atoms with E-state index in [1.54, 1.807) is 0 Å². The Kier molecular flexibility index (Phi) is 3.55. The molecule has 1 aromatic carbocycles. The average Bonchev–Trinajstić information content (AvgIpc) is 3.18. The molecule has 2 saturated carbocycles. The monoisotopic (exact) mass is 246 g/mol. The molecule has 2 fully saturated rings. The summed E-state index contributed by atoms with van der Waals surface area (Å²) in [6.45, 7) is 0. The summed E-state index contributed by atoms with van der Waals surface area (Å²) >= 11 is 0. The molecule has 1 N–H and O–H groups in total. The Labute approximate surface area is 109 Å². The number of rotatable bonds is 3. The molecule has 2 nitrogen and oxygen atoms in total. The maximum absolute atomic E-state index is 9.88. The Morgan fingerprint density at radius 1 is 0.944 bits per heavy atom. The Balaban J connectivity index is 1.66. The van der Waals surface area contributed by atoms with Gasteiger partial charge >= 0.3 is 0 Å². The van der Waals surface area contributed by atoms with Crippen molar-refractivity contribution in [2.45, 2.75) is 63.1 Å². The van der Waals surface area contributed by atoms with Crippen molar-refractivity contribution >= 4 is 0 Å². The number of hydrogen-bond donors (Lipinski definition) is 1. The zero-order valence-corrected chi connectivity index (χ0v) is 10.8. The van der Waals surface area contributed by atoms with Gasteiger partial charge in [0.15, 0.2) is 0 Å². The minimum Gasteiger partial charge on any atom is -0.490 e. The molecule has 0 saturated heterocycles. The zero-order chi connectivity index (χ0) is 12.4. The predicted molar refractivity (Wildman–Crippen MR) is 71.9 cm³/mol. The molecule has 18 heavy (non-hydrogen) atoms. The van der Waals surface area contributed by atoms with Crippen LogP contribution in [0.4, 0.5) is 0 Å². The maximum atomic E-state index is 9.88. The fraction of sp³-hybridized carbons (Fsp3) is 0.625. The largest absolute Gasteiger partial charge is 0.490 e. The van der Waals surface area contributed by atoms with Crippen molar-refractivity contribution in [2.75, 3.05) is 0 Å². The predicted octanol–water partition coefficient (Wildman–Crippen LogP) is 3.64. The molecule has 0 bridgehead atoms. The standard InChI is InChI=1S/C16H22O2/c17-14-4-2-1-3-13(11-14)12-5-7-15(8-6-12)18-16-9-10-16/h5-8,13-14,16-17H,1-4,9-11H2. The van der Waals surface area contributed by atoms with Gasteiger partial charge in [-0.05, 0) is 55.7 Å². The minimum absolute atomic E-state index is 0.111. The smallest absolute Gasteiger partial charge is 0.119 e. The van der Waals surface area contributed by atoms with E-state index < -0.39 is 0 Å². The molecule has 0 radical (unpaired) electrons. The second-order valence-corrected chi connectivity index (χ2v) is 5.76. The van der Waals surface area contributed by atoms with Crippen LogP contribution in [0.5, 0.6) is 5.75 Å². The highest BCUT2D eigenvalue weighted by molar-refractivity contribution is 5.30. The highest BCUT2D eigenvalue weighted by atomic mass is 16.5. The minimum atomic E-state index is -0.111. The number of aliphatic hydroxyl groups excluding tert-OH is 1. The lowest BCUT2D eigenvalue weighted by molar-refractivity contribution is 0.152. The van der Waals surface area contributed by atoms with E-state index >= 15 is 0 Å². The third kappa shape index (κ3) is 3.05. The SMILES string of the molecule is OC1CCCCC(c2ccc(OC3CC3)cc2)C1. The van der Waals surface area contributed by atoms with Gasteiger partial charge < -0.3 is 9.84 Å². The van der Waals surface area contributed by atoms with Crippen LogP contribution in [0.2, 0.25) is 0 Å². The summed E-state index contributed by atoms with van der Waals surface area (Å²) in [4.78, 5) is 0. The molecule has 0 spiro atoms. The van der Waals surface area contributed by atoms with E-state index in [1.807, 2.05) is 0 Å². The third-order valence-electron chi connectivity index (χ3n) is 4.08. The topological polar surface area (TPSA) is 29.5 Å². The molecule has 1 aromatic rings. The average molecular weight is 246 g/mol. The summed E-state index contributed by atoms with van der Waals surface area (Å²) in [7, 11) is 0. The highest BCUT2D eigenvalue weighted by Crippen LogP contribution is 2.33. The van der Waals surface area contributed by atoms with Gasteiger partial charge in [0.05, 0.1) is 12.2 Å². The summed E-state index contributed by atoms with van der Waals surface area (Å²) in [5.41, 5.74) is 1.36. The number of ether oxygens (including phenoxy) is 1. The molecule has 3 rings (SSSR count). The van der Waals surface area contributed by atoms with E-state index in [0.717, 1.165) is 18.6 Å². The summed E-state index contributed by atoms with van der Waals surface area (Å²) in [6.07, 6.45) is 8.27. The molecule has 2 aliphatic carbocycles. The summed E-state index contributed by atoms with van der Waals surface area (Å²) < 4.78 is 5.76. The molecule has 2 atom stereocenters. The lowest BCUT2D eigenvalue weighted by atomic mass is 9.91. The molecule has 0 amide bonds. The zero-order valence-electron chi connectivity index (χ0n) is 10.8. The maximum Gasteiger partial charge on any atom is 0.119 e. The molecule has 2 heteroatoms. The first-order valence-corrected chi connectivity index (χ1v) is 7.26. The molecular formula is C16H22O2. The molecule has 0 heterocycles. The van der Waals surface area contributed by atoms with E-state index in [0.29, 0.717) is 12.0 Å². The van der Waals surface area contributed by atoms with Crippen LogP contribution in [0.25, 0.3) is 0 Å². The fourth-order valence-corrected chi connectivity index (χ4v) is 2.83. The number of benzene rings is 1. The Morgan fingerprint density at radius 3 is 2.39 bits per heavy atom. The van der Waals surface area contributed by atoms with Gasteiger partial charge in [0.1, 0.15) is 5.75 Å². The van der Waals surface area contributed by atoms with Gasteiger partial charge in [-0.15, -0.1) is 0 Å². The van der Waals surface area contributed by atoms with Crippen LogP contribution in [-0.4, -0.2) is 17.3 Å². The van der Waals surface area contributed by atoms with Crippen molar-refractivity contribution in [2.24, 2.45) is 0 Å². The Morgan fingerprint density at radius 2 is 1.67 bits per heavy atom. The highest BCUT2D eigenvalue weighted by Gasteiger charge is 2.24. The van der Waals surface area contributed by atoms with Crippen LogP contribution >= 0.6 is 0 Å². The first-order chi connectivity index (χ1) is 8.81. The lowest BCUT2D eigenvalue weighted by Crippen LogP contribution is -2.09. The summed E-state index contributed by atoms with van der Waals surface area (Å²) in [6, 6.07) is 8.54. The van der Waals surface area contributed by atoms with E-state index in [1.165, 1.54) is 37.7 Å². The molecule has 2 aliphatic rings. The second-order valence-electron chi connectivity index (χ2n) is 5.76. The summed E-state index contributed by atoms with van der Waals surface area (Å²) in [5.74, 6) is 1.52. The molecule has 0 aliphatic heterocycles. The number of hydrogen-bond acceptors (Lipinski definition) is 2. The van der Waals surface area contributed by atoms with Crippen molar-refractivity contribution in [3.8, 4) is 5.75 Å². The van der Waals surface area contributed by atoms with Crippen molar-refractivity contribution in [1.82, 2.24) is 0 Å². The van der Waals surface area contributed by atoms with Gasteiger partial charge in [-0.1, -0.05) is 25.0 Å². The quantitative estimate of drug-likeness (QED) is 0.825. The summed E-state index contributed by atoms with van der Waals surface area (Å²) in [5, 5.41) is 9.88. The normalized spacial score (nSPS) is 28.7. The Hall–Kier alpha value is -1.02. The molecule has 2 unspecified atom stereocenters. The van der Waals surface area contributed by atoms with E-state index in [-0.39, 0.29) is 6.10 Å².